The van der Waals surface area contributed by atoms with Crippen LogP contribution in [0.3, 0.4) is 0 Å². The predicted octanol–water partition coefficient (Wildman–Crippen LogP) is -0.393. The normalized spacial score (nSPS) is 10.2. The molecule has 0 spiro atoms. The van der Waals surface area contributed by atoms with Crippen LogP contribution in [0.2, 0.25) is 0 Å². The molecule has 2 nitrogen and oxygen atoms in total. The minimum absolute atomic E-state index is 0. The number of nitrogens with zero attached hydrogens (tertiary/aromatic N) is 2. The number of pyridine rings is 2. The summed E-state index contributed by atoms with van der Waals surface area (Å²) >= 11 is 0. The molecular formula is C24H38Br2N2. The van der Waals surface area contributed by atoms with Crippen molar-refractivity contribution in [2.24, 2.45) is 0 Å². The highest BCUT2D eigenvalue weighted by Crippen LogP contribution is 2.08. The summed E-state index contributed by atoms with van der Waals surface area (Å²) in [6, 6.07) is 9.03. The number of aryl methyl sites for hydroxylation is 2. The fourth-order valence-corrected chi connectivity index (χ4v) is 3.41. The lowest BCUT2D eigenvalue weighted by Gasteiger charge is -2.01. The van der Waals surface area contributed by atoms with Crippen LogP contribution >= 0.6 is 0 Å². The van der Waals surface area contributed by atoms with Crippen molar-refractivity contribution >= 4 is 0 Å². The van der Waals surface area contributed by atoms with Gasteiger partial charge in [-0.2, -0.15) is 0 Å². The van der Waals surface area contributed by atoms with Gasteiger partial charge in [0.1, 0.15) is 0 Å². The third kappa shape index (κ3) is 10.7. The summed E-state index contributed by atoms with van der Waals surface area (Å²) in [5.74, 6) is 0. The molecule has 0 saturated carbocycles. The molecule has 2 rings (SSSR count). The number of rotatable bonds is 13. The van der Waals surface area contributed by atoms with Crippen LogP contribution in [-0.4, -0.2) is 0 Å². The second-order valence-corrected chi connectivity index (χ2v) is 7.50. The highest BCUT2D eigenvalue weighted by Gasteiger charge is 2.11. The third-order valence-electron chi connectivity index (χ3n) is 5.17. The lowest BCUT2D eigenvalue weighted by molar-refractivity contribution is -1.30. The van der Waals surface area contributed by atoms with Crippen LogP contribution in [0.5, 0.6) is 0 Å². The Bertz CT molecular complexity index is 542. The van der Waals surface area contributed by atoms with E-state index < -0.39 is 0 Å². The molecule has 0 bridgehead atoms. The molecule has 0 aliphatic carbocycles. The number of hydrogen-bond acceptors (Lipinski definition) is 0. The molecule has 0 aliphatic rings. The van der Waals surface area contributed by atoms with E-state index in [2.05, 4.69) is 72.3 Å². The second kappa shape index (κ2) is 17.1. The van der Waals surface area contributed by atoms with Crippen LogP contribution in [-0.2, 0) is 12.8 Å². The van der Waals surface area contributed by atoms with Crippen molar-refractivity contribution in [2.75, 3.05) is 0 Å². The van der Waals surface area contributed by atoms with E-state index in [0.29, 0.717) is 0 Å². The van der Waals surface area contributed by atoms with Gasteiger partial charge in [-0.05, 0) is 36.8 Å². The van der Waals surface area contributed by atoms with E-state index in [1.165, 1.54) is 88.2 Å². The zero-order valence-corrected chi connectivity index (χ0v) is 20.9. The fourth-order valence-electron chi connectivity index (χ4n) is 3.41. The Balaban J connectivity index is 0.00000364. The Morgan fingerprint density at radius 1 is 0.500 bits per heavy atom. The lowest BCUT2D eigenvalue weighted by Crippen LogP contribution is -3.00. The van der Waals surface area contributed by atoms with Crippen LogP contribution in [0.1, 0.15) is 89.2 Å². The number of halogens is 2. The van der Waals surface area contributed by atoms with Crippen molar-refractivity contribution in [2.45, 2.75) is 90.9 Å². The van der Waals surface area contributed by atoms with E-state index in [0.717, 1.165) is 0 Å². The van der Waals surface area contributed by atoms with Crippen molar-refractivity contribution in [3.05, 3.63) is 60.2 Å². The van der Waals surface area contributed by atoms with Crippen LogP contribution in [0.25, 0.3) is 0 Å². The summed E-state index contributed by atoms with van der Waals surface area (Å²) in [6.45, 7) is 4.54. The van der Waals surface area contributed by atoms with Gasteiger partial charge < -0.3 is 34.0 Å². The Kier molecular flexibility index (Phi) is 16.7. The van der Waals surface area contributed by atoms with Crippen LogP contribution < -0.4 is 43.3 Å². The van der Waals surface area contributed by atoms with Gasteiger partial charge in [0.05, 0.1) is 9.35 Å². The first-order chi connectivity index (χ1) is 12.8. The van der Waals surface area contributed by atoms with Crippen LogP contribution in [0, 0.1) is 0 Å². The second-order valence-electron chi connectivity index (χ2n) is 7.50. The zero-order chi connectivity index (χ0) is 18.5. The molecule has 0 N–H and O–H groups in total. The molecule has 4 heteroatoms. The maximum atomic E-state index is 2.27. The van der Waals surface area contributed by atoms with Crippen molar-refractivity contribution in [1.82, 2.24) is 0 Å². The molecule has 2 aromatic rings. The third-order valence-corrected chi connectivity index (χ3v) is 5.17. The average molecular weight is 514 g/mol. The first-order valence-electron chi connectivity index (χ1n) is 10.8. The maximum Gasteiger partial charge on any atom is 0.242 e. The van der Waals surface area contributed by atoms with Crippen LogP contribution in [0.4, 0.5) is 0 Å². The quantitative estimate of drug-likeness (QED) is 0.254. The topological polar surface area (TPSA) is 7.76 Å². The summed E-state index contributed by atoms with van der Waals surface area (Å²) in [5.41, 5.74) is 2.89. The van der Waals surface area contributed by atoms with Gasteiger partial charge in [0.15, 0.2) is 0 Å². The SMILES string of the molecule is CCCCCCCc1cc[n+](-[n+]2ccc(CCCCCCC)cc2)cc1.[Br-].[Br-]. The van der Waals surface area contributed by atoms with Gasteiger partial charge in [0.2, 0.25) is 24.8 Å². The summed E-state index contributed by atoms with van der Waals surface area (Å²) in [4.78, 5) is 0. The molecule has 2 aromatic heterocycles. The van der Waals surface area contributed by atoms with E-state index >= 15 is 0 Å². The largest absolute Gasteiger partial charge is 1.00 e. The van der Waals surface area contributed by atoms with Gasteiger partial charge in [-0.25, -0.2) is 0 Å². The van der Waals surface area contributed by atoms with E-state index in [1.54, 1.807) is 0 Å². The van der Waals surface area contributed by atoms with Gasteiger partial charge in [-0.15, -0.1) is 0 Å². The first kappa shape index (κ1) is 27.3. The minimum atomic E-state index is 0. The van der Waals surface area contributed by atoms with E-state index in [1.807, 2.05) is 0 Å². The molecule has 28 heavy (non-hydrogen) atoms. The molecule has 0 saturated heterocycles. The minimum Gasteiger partial charge on any atom is -1.00 e. The Morgan fingerprint density at radius 2 is 0.821 bits per heavy atom. The van der Waals surface area contributed by atoms with Crippen molar-refractivity contribution < 1.29 is 43.3 Å². The number of hydrogen-bond donors (Lipinski definition) is 0. The van der Waals surface area contributed by atoms with Gasteiger partial charge in [0, 0.05) is 24.3 Å². The lowest BCUT2D eigenvalue weighted by atomic mass is 10.1. The van der Waals surface area contributed by atoms with Gasteiger partial charge in [-0.3, -0.25) is 0 Å². The monoisotopic (exact) mass is 512 g/mol. The Morgan fingerprint density at radius 3 is 1.14 bits per heavy atom. The van der Waals surface area contributed by atoms with Gasteiger partial charge >= 0.3 is 0 Å². The maximum absolute atomic E-state index is 2.27. The molecular weight excluding hydrogens is 476 g/mol. The fraction of sp³-hybridized carbons (Fsp3) is 0.583. The molecule has 0 atom stereocenters. The van der Waals surface area contributed by atoms with E-state index in [4.69, 9.17) is 0 Å². The van der Waals surface area contributed by atoms with Crippen molar-refractivity contribution in [1.29, 1.82) is 0 Å². The summed E-state index contributed by atoms with van der Waals surface area (Å²) in [6.07, 6.45) is 24.6. The summed E-state index contributed by atoms with van der Waals surface area (Å²) < 4.78 is 4.29. The number of unbranched alkanes of at least 4 members (excludes halogenated alkanes) is 8. The Hall–Kier alpha value is -0.740. The standard InChI is InChI=1S/C24H38N2.2BrH/c1-3-5-7-9-11-13-23-15-19-25(20-16-23)26-21-17-24(18-22-26)14-12-10-8-6-4-2;;/h15-22H,3-14H2,1-2H3;2*1H/q+2;;/p-2. The number of aromatic nitrogens is 2. The summed E-state index contributed by atoms with van der Waals surface area (Å²) in [7, 11) is 0. The average Bonchev–Trinajstić information content (AvgIpc) is 2.69. The molecule has 0 radical (unpaired) electrons. The first-order valence-corrected chi connectivity index (χ1v) is 10.8. The van der Waals surface area contributed by atoms with Crippen molar-refractivity contribution in [3.63, 3.8) is 0 Å². The smallest absolute Gasteiger partial charge is 0.242 e. The molecule has 0 unspecified atom stereocenters. The predicted molar refractivity (Wildman–Crippen MR) is 109 cm³/mol. The molecule has 0 amide bonds. The molecule has 0 fully saturated rings. The zero-order valence-electron chi connectivity index (χ0n) is 17.8. The van der Waals surface area contributed by atoms with E-state index in [-0.39, 0.29) is 34.0 Å². The molecule has 2 heterocycles. The molecule has 0 aliphatic heterocycles. The summed E-state index contributed by atoms with van der Waals surface area (Å²) in [5, 5.41) is 0. The molecule has 0 aromatic carbocycles. The van der Waals surface area contributed by atoms with E-state index in [9.17, 15) is 0 Å². The highest BCUT2D eigenvalue weighted by molar-refractivity contribution is 5.08. The van der Waals surface area contributed by atoms with Gasteiger partial charge in [-0.1, -0.05) is 65.2 Å². The molecule has 158 valence electrons. The van der Waals surface area contributed by atoms with Crippen molar-refractivity contribution in [3.8, 4) is 0 Å². The highest BCUT2D eigenvalue weighted by atomic mass is 79.9. The van der Waals surface area contributed by atoms with Crippen LogP contribution in [0.15, 0.2) is 49.1 Å². The van der Waals surface area contributed by atoms with Gasteiger partial charge in [0.25, 0.3) is 0 Å². The Labute approximate surface area is 193 Å².